The summed E-state index contributed by atoms with van der Waals surface area (Å²) in [5, 5.41) is 8.48. The highest BCUT2D eigenvalue weighted by Gasteiger charge is 2.21. The molecule has 0 unspecified atom stereocenters. The van der Waals surface area contributed by atoms with Crippen LogP contribution in [-0.4, -0.2) is 44.9 Å². The lowest BCUT2D eigenvalue weighted by Crippen LogP contribution is -2.42. The van der Waals surface area contributed by atoms with Crippen LogP contribution in [-0.2, 0) is 9.73 Å². The summed E-state index contributed by atoms with van der Waals surface area (Å²) in [5.74, 6) is 0.360. The molecule has 0 spiro atoms. The van der Waals surface area contributed by atoms with Crippen molar-refractivity contribution in [3.63, 3.8) is 0 Å². The molecule has 1 aliphatic heterocycles. The molecule has 0 aromatic rings. The number of nitrogens with one attached hydrogen (secondary N) is 1. The standard InChI is InChI=1S/C5H10N2O3S/c6-11(10)3-1-7(2-4-11)5(8)9/h6H,1-4H2,(H,8,9). The highest BCUT2D eigenvalue weighted by atomic mass is 32.2. The van der Waals surface area contributed by atoms with E-state index in [4.69, 9.17) is 9.89 Å². The second-order valence-electron chi connectivity index (χ2n) is 2.49. The summed E-state index contributed by atoms with van der Waals surface area (Å²) in [5.41, 5.74) is 0. The first-order valence-corrected chi connectivity index (χ1v) is 5.13. The number of rotatable bonds is 0. The van der Waals surface area contributed by atoms with Gasteiger partial charge in [0.15, 0.2) is 0 Å². The zero-order chi connectivity index (χ0) is 8.48. The monoisotopic (exact) mass is 178 g/mol. The molecule has 64 valence electrons. The molecule has 1 rings (SSSR count). The molecule has 0 aromatic heterocycles. The zero-order valence-electron chi connectivity index (χ0n) is 5.95. The molecule has 0 aliphatic carbocycles. The predicted octanol–water partition coefficient (Wildman–Crippen LogP) is 0.0268. The molecule has 1 fully saturated rings. The number of hydrogen-bond donors (Lipinski definition) is 2. The third kappa shape index (κ3) is 2.07. The van der Waals surface area contributed by atoms with Crippen LogP contribution in [0.1, 0.15) is 0 Å². The molecule has 1 heterocycles. The Kier molecular flexibility index (Phi) is 2.03. The van der Waals surface area contributed by atoms with Crippen LogP contribution >= 0.6 is 0 Å². The van der Waals surface area contributed by atoms with Gasteiger partial charge in [0.1, 0.15) is 0 Å². The maximum absolute atomic E-state index is 11.0. The van der Waals surface area contributed by atoms with E-state index in [2.05, 4.69) is 0 Å². The van der Waals surface area contributed by atoms with E-state index in [1.165, 1.54) is 4.90 Å². The SMILES string of the molecule is N=S1(=O)CCN(C(=O)O)CC1. The first-order valence-electron chi connectivity index (χ1n) is 3.23. The summed E-state index contributed by atoms with van der Waals surface area (Å²) in [7, 11) is -2.45. The maximum atomic E-state index is 11.0. The highest BCUT2D eigenvalue weighted by molar-refractivity contribution is 7.92. The average molecular weight is 178 g/mol. The molecule has 0 aromatic carbocycles. The molecule has 1 aliphatic rings. The van der Waals surface area contributed by atoms with E-state index in [9.17, 15) is 9.00 Å². The highest BCUT2D eigenvalue weighted by Crippen LogP contribution is 2.03. The van der Waals surface area contributed by atoms with Crippen molar-refractivity contribution in [1.82, 2.24) is 4.90 Å². The Morgan fingerprint density at radius 1 is 1.45 bits per heavy atom. The second-order valence-corrected chi connectivity index (χ2v) is 4.93. The third-order valence-electron chi connectivity index (χ3n) is 1.65. The van der Waals surface area contributed by atoms with Gasteiger partial charge in [0.25, 0.3) is 0 Å². The normalized spacial score (nSPS) is 23.1. The summed E-state index contributed by atoms with van der Waals surface area (Å²) < 4.78 is 18.2. The summed E-state index contributed by atoms with van der Waals surface area (Å²) in [6.45, 7) is 0.468. The molecule has 0 radical (unpaired) electrons. The number of carbonyl (C=O) groups is 1. The predicted molar refractivity (Wildman–Crippen MR) is 40.2 cm³/mol. The van der Waals surface area contributed by atoms with E-state index >= 15 is 0 Å². The molecule has 1 saturated heterocycles. The van der Waals surface area contributed by atoms with Crippen molar-refractivity contribution in [2.24, 2.45) is 0 Å². The van der Waals surface area contributed by atoms with Gasteiger partial charge >= 0.3 is 6.09 Å². The zero-order valence-corrected chi connectivity index (χ0v) is 6.76. The number of hydrogen-bond acceptors (Lipinski definition) is 3. The van der Waals surface area contributed by atoms with Crippen molar-refractivity contribution in [3.05, 3.63) is 0 Å². The van der Waals surface area contributed by atoms with Crippen molar-refractivity contribution in [3.8, 4) is 0 Å². The van der Waals surface area contributed by atoms with Crippen molar-refractivity contribution >= 4 is 15.8 Å². The van der Waals surface area contributed by atoms with Gasteiger partial charge in [-0.25, -0.2) is 9.00 Å². The molecule has 0 saturated carbocycles. The summed E-state index contributed by atoms with van der Waals surface area (Å²) >= 11 is 0. The van der Waals surface area contributed by atoms with Gasteiger partial charge in [0, 0.05) is 34.3 Å². The molecule has 5 nitrogen and oxygen atoms in total. The van der Waals surface area contributed by atoms with Crippen molar-refractivity contribution < 1.29 is 14.1 Å². The van der Waals surface area contributed by atoms with E-state index in [-0.39, 0.29) is 24.6 Å². The van der Waals surface area contributed by atoms with E-state index in [0.717, 1.165) is 0 Å². The van der Waals surface area contributed by atoms with Crippen LogP contribution in [0.25, 0.3) is 0 Å². The molecule has 0 atom stereocenters. The van der Waals surface area contributed by atoms with Crippen LogP contribution in [0.4, 0.5) is 4.79 Å². The fourth-order valence-corrected chi connectivity index (χ4v) is 2.16. The van der Waals surface area contributed by atoms with E-state index in [0.29, 0.717) is 0 Å². The van der Waals surface area contributed by atoms with Gasteiger partial charge in [0.05, 0.1) is 0 Å². The lowest BCUT2D eigenvalue weighted by Gasteiger charge is -2.24. The van der Waals surface area contributed by atoms with Crippen molar-refractivity contribution in [2.45, 2.75) is 0 Å². The van der Waals surface area contributed by atoms with Crippen molar-refractivity contribution in [2.75, 3.05) is 24.6 Å². The molecule has 11 heavy (non-hydrogen) atoms. The number of carboxylic acid groups (broad SMARTS) is 1. The summed E-state index contributed by atoms with van der Waals surface area (Å²) in [4.78, 5) is 11.5. The van der Waals surface area contributed by atoms with E-state index in [1.54, 1.807) is 0 Å². The van der Waals surface area contributed by atoms with Crippen LogP contribution in [0.5, 0.6) is 0 Å². The number of nitrogens with zero attached hydrogens (tertiary/aromatic N) is 1. The molecular formula is C5H10N2O3S. The lowest BCUT2D eigenvalue weighted by molar-refractivity contribution is 0.149. The minimum absolute atomic E-state index is 0.180. The minimum Gasteiger partial charge on any atom is -0.465 e. The van der Waals surface area contributed by atoms with E-state index < -0.39 is 15.8 Å². The lowest BCUT2D eigenvalue weighted by atomic mass is 10.5. The Labute approximate surface area is 65.0 Å². The van der Waals surface area contributed by atoms with Crippen LogP contribution in [0.15, 0.2) is 0 Å². The Balaban J connectivity index is 2.56. The Morgan fingerprint density at radius 3 is 2.27 bits per heavy atom. The van der Waals surface area contributed by atoms with Gasteiger partial charge in [-0.05, 0) is 0 Å². The van der Waals surface area contributed by atoms with Crippen LogP contribution in [0.2, 0.25) is 0 Å². The van der Waals surface area contributed by atoms with Crippen LogP contribution in [0.3, 0.4) is 0 Å². The average Bonchev–Trinajstić information content (AvgIpc) is 1.86. The smallest absolute Gasteiger partial charge is 0.407 e. The molecule has 2 N–H and O–H groups in total. The fourth-order valence-electron chi connectivity index (χ4n) is 0.920. The Bertz CT molecular complexity index is 245. The summed E-state index contributed by atoms with van der Waals surface area (Å²) in [6, 6.07) is 0. The van der Waals surface area contributed by atoms with Gasteiger partial charge in [0.2, 0.25) is 0 Å². The summed E-state index contributed by atoms with van der Waals surface area (Å²) in [6.07, 6.45) is -0.986. The molecule has 0 bridgehead atoms. The second kappa shape index (κ2) is 2.69. The van der Waals surface area contributed by atoms with Gasteiger partial charge in [-0.3, -0.25) is 4.78 Å². The Hall–Kier alpha value is -0.780. The van der Waals surface area contributed by atoms with Crippen LogP contribution < -0.4 is 0 Å². The van der Waals surface area contributed by atoms with Crippen molar-refractivity contribution in [1.29, 1.82) is 4.78 Å². The van der Waals surface area contributed by atoms with Crippen LogP contribution in [0, 0.1) is 4.78 Å². The molecule has 1 amide bonds. The molecule has 6 heteroatoms. The molecular weight excluding hydrogens is 168 g/mol. The van der Waals surface area contributed by atoms with Gasteiger partial charge in [-0.1, -0.05) is 0 Å². The van der Waals surface area contributed by atoms with Gasteiger partial charge < -0.3 is 10.0 Å². The topological polar surface area (TPSA) is 81.5 Å². The maximum Gasteiger partial charge on any atom is 0.407 e. The van der Waals surface area contributed by atoms with E-state index in [1.807, 2.05) is 0 Å². The van der Waals surface area contributed by atoms with Gasteiger partial charge in [-0.15, -0.1) is 0 Å². The first kappa shape index (κ1) is 8.32. The Morgan fingerprint density at radius 2 is 1.91 bits per heavy atom. The number of amides is 1. The fraction of sp³-hybridized carbons (Fsp3) is 0.800. The van der Waals surface area contributed by atoms with Gasteiger partial charge in [-0.2, -0.15) is 0 Å². The minimum atomic E-state index is -2.45. The first-order chi connectivity index (χ1) is 5.01. The largest absolute Gasteiger partial charge is 0.465 e. The third-order valence-corrected chi connectivity index (χ3v) is 3.34. The quantitative estimate of drug-likeness (QED) is 0.549.